The van der Waals surface area contributed by atoms with Crippen molar-refractivity contribution in [2.45, 2.75) is 24.9 Å². The number of aliphatic hydroxyl groups is 2. The van der Waals surface area contributed by atoms with Gasteiger partial charge < -0.3 is 30.0 Å². The molecule has 1 aromatic carbocycles. The van der Waals surface area contributed by atoms with Crippen LogP contribution in [0.5, 0.6) is 5.75 Å². The zero-order chi connectivity index (χ0) is 18.3. The predicted octanol–water partition coefficient (Wildman–Crippen LogP) is 1.33. The smallest absolute Gasteiger partial charge is 0.161 e. The molecular weight excluding hydrogens is 336 g/mol. The normalized spacial score (nSPS) is 22.8. The van der Waals surface area contributed by atoms with Crippen molar-refractivity contribution in [2.75, 3.05) is 19.5 Å². The number of anilines is 1. The lowest BCUT2D eigenvalue weighted by Crippen LogP contribution is -2.19. The van der Waals surface area contributed by atoms with Gasteiger partial charge in [-0.2, -0.15) is 0 Å². The number of benzene rings is 1. The first-order chi connectivity index (χ1) is 12.6. The Balaban J connectivity index is 1.86. The van der Waals surface area contributed by atoms with Crippen LogP contribution >= 0.6 is 0 Å². The van der Waals surface area contributed by atoms with Gasteiger partial charge in [-0.1, -0.05) is 12.1 Å². The van der Waals surface area contributed by atoms with Crippen LogP contribution in [0.3, 0.4) is 0 Å². The van der Waals surface area contributed by atoms with E-state index in [9.17, 15) is 10.2 Å². The first-order valence-corrected chi connectivity index (χ1v) is 8.32. The van der Waals surface area contributed by atoms with Crippen molar-refractivity contribution in [3.8, 4) is 16.9 Å². The fourth-order valence-corrected chi connectivity index (χ4v) is 3.39. The van der Waals surface area contributed by atoms with E-state index in [2.05, 4.69) is 9.97 Å². The van der Waals surface area contributed by atoms with E-state index in [0.717, 1.165) is 16.9 Å². The third kappa shape index (κ3) is 2.68. The molecule has 0 amide bonds. The molecule has 26 heavy (non-hydrogen) atoms. The van der Waals surface area contributed by atoms with Gasteiger partial charge in [0.25, 0.3) is 0 Å². The molecule has 136 valence electrons. The summed E-state index contributed by atoms with van der Waals surface area (Å²) < 4.78 is 12.8. The zero-order valence-electron chi connectivity index (χ0n) is 14.2. The van der Waals surface area contributed by atoms with Crippen molar-refractivity contribution < 1.29 is 19.7 Å². The number of methoxy groups -OCH3 is 1. The molecule has 1 fully saturated rings. The fraction of sp³-hybridized carbons (Fsp3) is 0.333. The zero-order valence-corrected chi connectivity index (χ0v) is 14.2. The van der Waals surface area contributed by atoms with Crippen molar-refractivity contribution in [1.29, 1.82) is 0 Å². The molecule has 1 aliphatic heterocycles. The molecule has 4 N–H and O–H groups in total. The first-order valence-electron chi connectivity index (χ1n) is 8.32. The van der Waals surface area contributed by atoms with E-state index < -0.39 is 18.4 Å². The average Bonchev–Trinajstić information content (AvgIpc) is 3.23. The molecule has 8 nitrogen and oxygen atoms in total. The fourth-order valence-electron chi connectivity index (χ4n) is 3.39. The van der Waals surface area contributed by atoms with E-state index in [-0.39, 0.29) is 6.61 Å². The van der Waals surface area contributed by atoms with Crippen LogP contribution in [-0.4, -0.2) is 50.7 Å². The molecule has 0 spiro atoms. The van der Waals surface area contributed by atoms with Gasteiger partial charge in [-0.3, -0.25) is 0 Å². The van der Waals surface area contributed by atoms with Crippen molar-refractivity contribution in [2.24, 2.45) is 0 Å². The van der Waals surface area contributed by atoms with Gasteiger partial charge >= 0.3 is 0 Å². The Hall–Kier alpha value is -2.68. The van der Waals surface area contributed by atoms with E-state index in [0.29, 0.717) is 23.3 Å². The van der Waals surface area contributed by atoms with Crippen LogP contribution in [0.1, 0.15) is 12.6 Å². The largest absolute Gasteiger partial charge is 0.497 e. The summed E-state index contributed by atoms with van der Waals surface area (Å²) in [6, 6.07) is 7.57. The SMILES string of the molecule is COc1ccc(-c2cn([C@@H]3O[C@H](CO)C[C@H]3O)c3ncnc(N)c23)cc1. The molecule has 8 heteroatoms. The minimum atomic E-state index is -0.748. The minimum Gasteiger partial charge on any atom is -0.497 e. The van der Waals surface area contributed by atoms with E-state index in [1.807, 2.05) is 30.5 Å². The molecule has 4 rings (SSSR count). The number of nitrogens with two attached hydrogens (primary N) is 1. The summed E-state index contributed by atoms with van der Waals surface area (Å²) in [5.41, 5.74) is 8.45. The van der Waals surface area contributed by atoms with Crippen LogP contribution in [0, 0.1) is 0 Å². The van der Waals surface area contributed by atoms with Crippen LogP contribution in [-0.2, 0) is 4.74 Å². The molecule has 1 saturated heterocycles. The summed E-state index contributed by atoms with van der Waals surface area (Å²) in [5, 5.41) is 20.4. The standard InChI is InChI=1S/C18H20N4O4/c1-25-11-4-2-10(3-5-11)13-7-22(17-15(13)16(19)20-9-21-17)18-14(24)6-12(8-23)26-18/h2-5,7,9,12,14,18,23-24H,6,8H2,1H3,(H2,19,20,21)/t12-,14+,18+/m0/s1. The third-order valence-corrected chi connectivity index (χ3v) is 4.68. The number of rotatable bonds is 4. The molecular formula is C18H20N4O4. The number of fused-ring (bicyclic) bond motifs is 1. The maximum absolute atomic E-state index is 10.4. The molecule has 3 aromatic rings. The number of nitrogens with zero attached hydrogens (tertiary/aromatic N) is 3. The number of aliphatic hydroxyl groups excluding tert-OH is 2. The Morgan fingerprint density at radius 3 is 2.73 bits per heavy atom. The quantitative estimate of drug-likeness (QED) is 0.646. The summed E-state index contributed by atoms with van der Waals surface area (Å²) in [7, 11) is 1.61. The highest BCUT2D eigenvalue weighted by atomic mass is 16.5. The number of ether oxygens (including phenoxy) is 2. The van der Waals surface area contributed by atoms with Crippen molar-refractivity contribution >= 4 is 16.9 Å². The van der Waals surface area contributed by atoms with Crippen LogP contribution in [0.4, 0.5) is 5.82 Å². The Labute approximate surface area is 149 Å². The second kappa shape index (κ2) is 6.56. The van der Waals surface area contributed by atoms with Crippen molar-refractivity contribution in [1.82, 2.24) is 14.5 Å². The molecule has 3 atom stereocenters. The molecule has 1 aliphatic rings. The van der Waals surface area contributed by atoms with Gasteiger partial charge in [-0.25, -0.2) is 9.97 Å². The molecule has 0 saturated carbocycles. The summed E-state index contributed by atoms with van der Waals surface area (Å²) >= 11 is 0. The second-order valence-electron chi connectivity index (χ2n) is 6.27. The number of aromatic nitrogens is 3. The van der Waals surface area contributed by atoms with E-state index in [1.54, 1.807) is 11.7 Å². The average molecular weight is 356 g/mol. The van der Waals surface area contributed by atoms with Crippen LogP contribution in [0.15, 0.2) is 36.8 Å². The van der Waals surface area contributed by atoms with Crippen molar-refractivity contribution in [3.05, 3.63) is 36.8 Å². The van der Waals surface area contributed by atoms with Gasteiger partial charge in [0.15, 0.2) is 6.23 Å². The van der Waals surface area contributed by atoms with E-state index in [4.69, 9.17) is 15.2 Å². The van der Waals surface area contributed by atoms with Gasteiger partial charge in [0.05, 0.1) is 25.2 Å². The molecule has 0 radical (unpaired) electrons. The van der Waals surface area contributed by atoms with Crippen LogP contribution < -0.4 is 10.5 Å². The lowest BCUT2D eigenvalue weighted by atomic mass is 10.1. The molecule has 0 unspecified atom stereocenters. The van der Waals surface area contributed by atoms with Crippen LogP contribution in [0.25, 0.3) is 22.2 Å². The topological polar surface area (TPSA) is 116 Å². The summed E-state index contributed by atoms with van der Waals surface area (Å²) in [4.78, 5) is 8.45. The molecule has 3 heterocycles. The van der Waals surface area contributed by atoms with E-state index in [1.165, 1.54) is 6.33 Å². The van der Waals surface area contributed by atoms with Gasteiger partial charge in [0, 0.05) is 18.2 Å². The summed E-state index contributed by atoms with van der Waals surface area (Å²) in [6.45, 7) is -0.144. The third-order valence-electron chi connectivity index (χ3n) is 4.68. The van der Waals surface area contributed by atoms with Gasteiger partial charge in [-0.05, 0) is 17.7 Å². The first kappa shape index (κ1) is 16.8. The number of nitrogen functional groups attached to an aromatic ring is 1. The molecule has 0 aliphatic carbocycles. The highest BCUT2D eigenvalue weighted by molar-refractivity contribution is 6.00. The highest BCUT2D eigenvalue weighted by Crippen LogP contribution is 2.38. The number of hydrogen-bond acceptors (Lipinski definition) is 7. The Morgan fingerprint density at radius 1 is 1.31 bits per heavy atom. The summed E-state index contributed by atoms with van der Waals surface area (Å²) in [5.74, 6) is 1.10. The Morgan fingerprint density at radius 2 is 2.08 bits per heavy atom. The maximum atomic E-state index is 10.4. The van der Waals surface area contributed by atoms with Crippen LogP contribution in [0.2, 0.25) is 0 Å². The molecule has 2 aromatic heterocycles. The van der Waals surface area contributed by atoms with Gasteiger partial charge in [0.1, 0.15) is 29.6 Å². The van der Waals surface area contributed by atoms with Gasteiger partial charge in [0.2, 0.25) is 0 Å². The summed E-state index contributed by atoms with van der Waals surface area (Å²) in [6.07, 6.45) is 1.80. The lowest BCUT2D eigenvalue weighted by Gasteiger charge is -2.17. The highest BCUT2D eigenvalue weighted by Gasteiger charge is 2.36. The van der Waals surface area contributed by atoms with E-state index >= 15 is 0 Å². The predicted molar refractivity (Wildman–Crippen MR) is 95.5 cm³/mol. The Bertz CT molecular complexity index is 925. The molecule has 0 bridgehead atoms. The monoisotopic (exact) mass is 356 g/mol. The second-order valence-corrected chi connectivity index (χ2v) is 6.27. The maximum Gasteiger partial charge on any atom is 0.161 e. The van der Waals surface area contributed by atoms with Crippen molar-refractivity contribution in [3.63, 3.8) is 0 Å². The Kier molecular flexibility index (Phi) is 4.23. The lowest BCUT2D eigenvalue weighted by molar-refractivity contribution is -0.0483. The van der Waals surface area contributed by atoms with Gasteiger partial charge in [-0.15, -0.1) is 0 Å². The minimum absolute atomic E-state index is 0.144. The number of hydrogen-bond donors (Lipinski definition) is 3.